The molecule has 0 saturated heterocycles. The van der Waals surface area contributed by atoms with E-state index in [1.807, 2.05) is 43.1 Å². The summed E-state index contributed by atoms with van der Waals surface area (Å²) in [6.45, 7) is 1.93. The summed E-state index contributed by atoms with van der Waals surface area (Å²) in [4.78, 5) is 3.16. The quantitative estimate of drug-likeness (QED) is 0.861. The van der Waals surface area contributed by atoms with Crippen LogP contribution in [0.1, 0.15) is 5.56 Å². The molecule has 0 radical (unpaired) electrons. The number of anilines is 1. The van der Waals surface area contributed by atoms with Gasteiger partial charge in [0.2, 0.25) is 0 Å². The fraction of sp³-hybridized carbons (Fsp3) is 0.200. The first-order chi connectivity index (χ1) is 9.08. The zero-order valence-electron chi connectivity index (χ0n) is 10.9. The van der Waals surface area contributed by atoms with Gasteiger partial charge in [-0.25, -0.2) is 4.39 Å². The molecule has 2 aromatic carbocycles. The molecule has 2 N–H and O–H groups in total. The molecule has 2 aromatic rings. The Morgan fingerprint density at radius 1 is 1.26 bits per heavy atom. The Morgan fingerprint density at radius 3 is 2.79 bits per heavy atom. The van der Waals surface area contributed by atoms with Crippen LogP contribution in [0.15, 0.2) is 41.3 Å². The van der Waals surface area contributed by atoms with E-state index in [-0.39, 0.29) is 11.3 Å². The average Bonchev–Trinajstić information content (AvgIpc) is 2.65. The van der Waals surface area contributed by atoms with Crippen LogP contribution >= 0.6 is 11.8 Å². The van der Waals surface area contributed by atoms with Crippen molar-refractivity contribution < 1.29 is 4.39 Å². The highest BCUT2D eigenvalue weighted by atomic mass is 32.2. The Labute approximate surface area is 116 Å². The lowest BCUT2D eigenvalue weighted by Crippen LogP contribution is -2.32. The van der Waals surface area contributed by atoms with E-state index in [1.165, 1.54) is 6.07 Å². The number of hydrogen-bond donors (Lipinski definition) is 1. The van der Waals surface area contributed by atoms with E-state index in [2.05, 4.69) is 0 Å². The molecule has 98 valence electrons. The Bertz CT molecular complexity index is 622. The SMILES string of the molecule is Cc1cccc(F)c1-c1ccc2c(c1)N(C)C(N)S2. The van der Waals surface area contributed by atoms with Crippen molar-refractivity contribution in [1.29, 1.82) is 0 Å². The van der Waals surface area contributed by atoms with Crippen molar-refractivity contribution in [3.05, 3.63) is 47.8 Å². The third-order valence-electron chi connectivity index (χ3n) is 3.48. The molecule has 4 heteroatoms. The van der Waals surface area contributed by atoms with Crippen LogP contribution in [0.4, 0.5) is 10.1 Å². The molecule has 1 atom stereocenters. The van der Waals surface area contributed by atoms with E-state index in [0.717, 1.165) is 21.7 Å². The first-order valence-electron chi connectivity index (χ1n) is 6.12. The van der Waals surface area contributed by atoms with Crippen molar-refractivity contribution in [2.45, 2.75) is 17.3 Å². The van der Waals surface area contributed by atoms with E-state index in [4.69, 9.17) is 5.73 Å². The van der Waals surface area contributed by atoms with Crippen molar-refractivity contribution in [3.63, 3.8) is 0 Å². The summed E-state index contributed by atoms with van der Waals surface area (Å²) in [5.74, 6) is -0.183. The molecule has 0 bridgehead atoms. The lowest BCUT2D eigenvalue weighted by atomic mass is 9.99. The van der Waals surface area contributed by atoms with Gasteiger partial charge in [0.05, 0.1) is 5.69 Å². The van der Waals surface area contributed by atoms with Crippen LogP contribution in [-0.4, -0.2) is 12.5 Å². The maximum atomic E-state index is 14.0. The molecular formula is C15H15FN2S. The molecular weight excluding hydrogens is 259 g/mol. The molecule has 1 aliphatic rings. The predicted octanol–water partition coefficient (Wildman–Crippen LogP) is 3.59. The van der Waals surface area contributed by atoms with Crippen molar-refractivity contribution >= 4 is 17.4 Å². The number of aryl methyl sites for hydroxylation is 1. The Hall–Kier alpha value is -1.52. The highest BCUT2D eigenvalue weighted by Crippen LogP contribution is 2.42. The van der Waals surface area contributed by atoms with Crippen molar-refractivity contribution in [2.24, 2.45) is 5.73 Å². The molecule has 0 amide bonds. The number of thioether (sulfide) groups is 1. The minimum absolute atomic E-state index is 0.0630. The van der Waals surface area contributed by atoms with Crippen LogP contribution in [0.3, 0.4) is 0 Å². The summed E-state index contributed by atoms with van der Waals surface area (Å²) >= 11 is 1.62. The molecule has 1 unspecified atom stereocenters. The number of fused-ring (bicyclic) bond motifs is 1. The van der Waals surface area contributed by atoms with Gasteiger partial charge >= 0.3 is 0 Å². The van der Waals surface area contributed by atoms with Gasteiger partial charge in [0.1, 0.15) is 11.3 Å². The van der Waals surface area contributed by atoms with Gasteiger partial charge in [-0.1, -0.05) is 30.0 Å². The number of halogens is 1. The van der Waals surface area contributed by atoms with Crippen LogP contribution < -0.4 is 10.6 Å². The van der Waals surface area contributed by atoms with E-state index in [9.17, 15) is 4.39 Å². The molecule has 1 heterocycles. The highest BCUT2D eigenvalue weighted by molar-refractivity contribution is 8.00. The lowest BCUT2D eigenvalue weighted by molar-refractivity contribution is 0.630. The largest absolute Gasteiger partial charge is 0.349 e. The first kappa shape index (κ1) is 12.5. The molecule has 2 nitrogen and oxygen atoms in total. The van der Waals surface area contributed by atoms with Crippen LogP contribution in [0.25, 0.3) is 11.1 Å². The maximum absolute atomic E-state index is 14.0. The van der Waals surface area contributed by atoms with Gasteiger partial charge in [0.25, 0.3) is 0 Å². The summed E-state index contributed by atoms with van der Waals surface area (Å²) in [6.07, 6.45) is 0. The topological polar surface area (TPSA) is 29.3 Å². The maximum Gasteiger partial charge on any atom is 0.131 e. The smallest absolute Gasteiger partial charge is 0.131 e. The molecule has 0 spiro atoms. The Balaban J connectivity index is 2.14. The third-order valence-corrected chi connectivity index (χ3v) is 4.64. The standard InChI is InChI=1S/C15H15FN2S/c1-9-4-3-5-11(16)14(9)10-6-7-13-12(8-10)18(2)15(17)19-13/h3-8,15H,17H2,1-2H3. The second kappa shape index (κ2) is 4.54. The van der Waals surface area contributed by atoms with Gasteiger partial charge in [-0.3, -0.25) is 0 Å². The van der Waals surface area contributed by atoms with Crippen molar-refractivity contribution in [2.75, 3.05) is 11.9 Å². The van der Waals surface area contributed by atoms with Gasteiger partial charge in [0, 0.05) is 17.5 Å². The zero-order chi connectivity index (χ0) is 13.6. The number of benzene rings is 2. The molecule has 0 aliphatic carbocycles. The number of rotatable bonds is 1. The van der Waals surface area contributed by atoms with Crippen molar-refractivity contribution in [3.8, 4) is 11.1 Å². The lowest BCUT2D eigenvalue weighted by Gasteiger charge is -2.17. The van der Waals surface area contributed by atoms with E-state index in [0.29, 0.717) is 5.56 Å². The summed E-state index contributed by atoms with van der Waals surface area (Å²) in [6, 6.07) is 11.2. The van der Waals surface area contributed by atoms with Crippen LogP contribution in [0, 0.1) is 12.7 Å². The van der Waals surface area contributed by atoms with Crippen LogP contribution in [-0.2, 0) is 0 Å². The molecule has 0 aromatic heterocycles. The molecule has 0 saturated carbocycles. The monoisotopic (exact) mass is 274 g/mol. The minimum Gasteiger partial charge on any atom is -0.349 e. The Kier molecular flexibility index (Phi) is 2.99. The summed E-state index contributed by atoms with van der Waals surface area (Å²) < 4.78 is 14.0. The van der Waals surface area contributed by atoms with Gasteiger partial charge in [0.15, 0.2) is 0 Å². The minimum atomic E-state index is -0.183. The average molecular weight is 274 g/mol. The summed E-state index contributed by atoms with van der Waals surface area (Å²) in [5.41, 5.74) is 9.51. The van der Waals surface area contributed by atoms with Crippen LogP contribution in [0.2, 0.25) is 0 Å². The highest BCUT2D eigenvalue weighted by Gasteiger charge is 2.24. The van der Waals surface area contributed by atoms with Crippen molar-refractivity contribution in [1.82, 2.24) is 0 Å². The third kappa shape index (κ3) is 2.01. The fourth-order valence-corrected chi connectivity index (χ4v) is 3.39. The number of hydrogen-bond acceptors (Lipinski definition) is 3. The van der Waals surface area contributed by atoms with E-state index in [1.54, 1.807) is 17.8 Å². The van der Waals surface area contributed by atoms with Gasteiger partial charge in [-0.05, 0) is 36.2 Å². The second-order valence-electron chi connectivity index (χ2n) is 4.73. The molecule has 0 fully saturated rings. The number of nitrogens with two attached hydrogens (primary N) is 1. The van der Waals surface area contributed by atoms with E-state index < -0.39 is 0 Å². The van der Waals surface area contributed by atoms with Gasteiger partial charge < -0.3 is 10.6 Å². The van der Waals surface area contributed by atoms with Gasteiger partial charge in [-0.15, -0.1) is 0 Å². The molecule has 3 rings (SSSR count). The Morgan fingerprint density at radius 2 is 2.05 bits per heavy atom. The molecule has 19 heavy (non-hydrogen) atoms. The second-order valence-corrected chi connectivity index (χ2v) is 5.89. The van der Waals surface area contributed by atoms with Gasteiger partial charge in [-0.2, -0.15) is 0 Å². The normalized spacial score (nSPS) is 17.7. The predicted molar refractivity (Wildman–Crippen MR) is 78.8 cm³/mol. The zero-order valence-corrected chi connectivity index (χ0v) is 11.7. The van der Waals surface area contributed by atoms with Crippen LogP contribution in [0.5, 0.6) is 0 Å². The fourth-order valence-electron chi connectivity index (χ4n) is 2.39. The molecule has 1 aliphatic heterocycles. The summed E-state index contributed by atoms with van der Waals surface area (Å²) in [5, 5.41) is 0. The van der Waals surface area contributed by atoms with E-state index >= 15 is 0 Å². The number of nitrogens with zero attached hydrogens (tertiary/aromatic N) is 1. The first-order valence-corrected chi connectivity index (χ1v) is 7.00. The summed E-state index contributed by atoms with van der Waals surface area (Å²) in [7, 11) is 1.96.